The molecule has 12 heteroatoms. The van der Waals surface area contributed by atoms with Crippen LogP contribution in [-0.4, -0.2) is 68.7 Å². The van der Waals surface area contributed by atoms with Crippen LogP contribution < -0.4 is 21.1 Å². The van der Waals surface area contributed by atoms with E-state index >= 15 is 0 Å². The summed E-state index contributed by atoms with van der Waals surface area (Å²) in [6.07, 6.45) is 12.6. The molecule has 3 aliphatic rings. The summed E-state index contributed by atoms with van der Waals surface area (Å²) in [6, 6.07) is 8.70. The van der Waals surface area contributed by atoms with Gasteiger partial charge in [-0.15, -0.1) is 24.8 Å². The Kier molecular flexibility index (Phi) is 10.5. The Hall–Kier alpha value is -2.82. The van der Waals surface area contributed by atoms with Crippen LogP contribution in [0.2, 0.25) is 0 Å². The van der Waals surface area contributed by atoms with E-state index in [0.717, 1.165) is 55.5 Å². The summed E-state index contributed by atoms with van der Waals surface area (Å²) in [5.74, 6) is 2.07. The molecule has 3 fully saturated rings. The molecular formula is C29H42Cl2N8O2. The summed E-state index contributed by atoms with van der Waals surface area (Å²) < 4.78 is 7.67. The van der Waals surface area contributed by atoms with E-state index in [1.54, 1.807) is 7.11 Å². The first-order chi connectivity index (χ1) is 19.1. The van der Waals surface area contributed by atoms with E-state index in [1.165, 1.54) is 25.7 Å². The van der Waals surface area contributed by atoms with Gasteiger partial charge in [-0.05, 0) is 63.5 Å². The summed E-state index contributed by atoms with van der Waals surface area (Å²) in [5, 5.41) is 7.29. The smallest absolute Gasteiger partial charge is 0.257 e. The molecule has 0 atom stereocenters. The minimum Gasteiger partial charge on any atom is -0.496 e. The molecule has 2 aliphatic carbocycles. The SMILES string of the molecule is COc1ccccc1C(=O)N1CCC(Nc2nc(N[C@H]3CC[C@H](N)CC3)nc3c2ncn3C2CCCC2)CC1.Cl.Cl. The number of aromatic nitrogens is 4. The van der Waals surface area contributed by atoms with Crippen molar-refractivity contribution in [1.82, 2.24) is 24.4 Å². The summed E-state index contributed by atoms with van der Waals surface area (Å²) in [7, 11) is 1.60. The van der Waals surface area contributed by atoms with Gasteiger partial charge >= 0.3 is 0 Å². The monoisotopic (exact) mass is 604 g/mol. The maximum atomic E-state index is 13.2. The van der Waals surface area contributed by atoms with E-state index in [9.17, 15) is 4.79 Å². The molecule has 4 N–H and O–H groups in total. The molecule has 0 spiro atoms. The van der Waals surface area contributed by atoms with Crippen molar-refractivity contribution in [3.05, 3.63) is 36.2 Å². The van der Waals surface area contributed by atoms with Crippen molar-refractivity contribution in [3.8, 4) is 5.75 Å². The van der Waals surface area contributed by atoms with E-state index in [0.29, 0.717) is 48.5 Å². The van der Waals surface area contributed by atoms with Crippen LogP contribution in [0.5, 0.6) is 5.75 Å². The second-order valence-electron chi connectivity index (χ2n) is 11.3. The number of carbonyl (C=O) groups is 1. The number of likely N-dealkylation sites (tertiary alicyclic amines) is 1. The average Bonchev–Trinajstić information content (AvgIpc) is 3.65. The number of hydrogen-bond donors (Lipinski definition) is 3. The number of imidazole rings is 1. The van der Waals surface area contributed by atoms with Gasteiger partial charge in [0.25, 0.3) is 5.91 Å². The molecule has 0 radical (unpaired) electrons. The first-order valence-corrected chi connectivity index (χ1v) is 14.5. The Morgan fingerprint density at radius 1 is 0.927 bits per heavy atom. The number of amides is 1. The number of anilines is 2. The highest BCUT2D eigenvalue weighted by Crippen LogP contribution is 2.34. The quantitative estimate of drug-likeness (QED) is 0.336. The van der Waals surface area contributed by atoms with Gasteiger partial charge in [-0.2, -0.15) is 9.97 Å². The predicted octanol–water partition coefficient (Wildman–Crippen LogP) is 5.19. The van der Waals surface area contributed by atoms with Crippen molar-refractivity contribution >= 4 is 53.7 Å². The lowest BCUT2D eigenvalue weighted by atomic mass is 9.92. The van der Waals surface area contributed by atoms with Gasteiger partial charge in [0.15, 0.2) is 17.0 Å². The lowest BCUT2D eigenvalue weighted by molar-refractivity contribution is 0.0715. The van der Waals surface area contributed by atoms with E-state index in [1.807, 2.05) is 35.5 Å². The number of carbonyl (C=O) groups excluding carboxylic acids is 1. The third kappa shape index (κ3) is 6.81. The third-order valence-electron chi connectivity index (χ3n) is 8.70. The number of ether oxygens (including phenoxy) is 1. The number of benzene rings is 1. The molecule has 10 nitrogen and oxygen atoms in total. The Morgan fingerprint density at radius 3 is 2.32 bits per heavy atom. The molecular weight excluding hydrogens is 563 g/mol. The number of methoxy groups -OCH3 is 1. The second kappa shape index (κ2) is 13.9. The maximum Gasteiger partial charge on any atom is 0.257 e. The van der Waals surface area contributed by atoms with E-state index < -0.39 is 0 Å². The molecule has 3 heterocycles. The van der Waals surface area contributed by atoms with Crippen molar-refractivity contribution in [2.24, 2.45) is 5.73 Å². The fourth-order valence-corrected chi connectivity index (χ4v) is 6.39. The molecule has 6 rings (SSSR count). The van der Waals surface area contributed by atoms with Crippen molar-refractivity contribution in [2.45, 2.75) is 88.4 Å². The standard InChI is InChI=1S/C29H40N8O2.2ClH/c1-39-24-9-5-4-8-23(24)28(38)36-16-14-21(15-17-36)32-26-25-27(37(18-31-25)22-6-2-3-7-22)35-29(34-26)33-20-12-10-19(30)11-13-20;;/h4-5,8-9,18-22H,2-3,6-7,10-17,30H2,1H3,(H2,32,33,34,35);2*1H/t19-,20-;;. The van der Waals surface area contributed by atoms with Gasteiger partial charge in [-0.1, -0.05) is 25.0 Å². The van der Waals surface area contributed by atoms with Gasteiger partial charge < -0.3 is 30.6 Å². The predicted molar refractivity (Wildman–Crippen MR) is 167 cm³/mol. The highest BCUT2D eigenvalue weighted by Gasteiger charge is 2.28. The molecule has 1 aromatic carbocycles. The molecule has 2 saturated carbocycles. The zero-order valence-electron chi connectivity index (χ0n) is 23.6. The number of fused-ring (bicyclic) bond motifs is 1. The van der Waals surface area contributed by atoms with E-state index in [2.05, 4.69) is 15.2 Å². The summed E-state index contributed by atoms with van der Waals surface area (Å²) in [4.78, 5) is 29.8. The number of nitrogens with two attached hydrogens (primary N) is 1. The Morgan fingerprint density at radius 2 is 1.61 bits per heavy atom. The molecule has 41 heavy (non-hydrogen) atoms. The van der Waals surface area contributed by atoms with Gasteiger partial charge in [0.05, 0.1) is 19.0 Å². The first-order valence-electron chi connectivity index (χ1n) is 14.5. The topological polar surface area (TPSA) is 123 Å². The summed E-state index contributed by atoms with van der Waals surface area (Å²) in [5.41, 5.74) is 8.47. The van der Waals surface area contributed by atoms with Gasteiger partial charge in [-0.25, -0.2) is 4.98 Å². The van der Waals surface area contributed by atoms with Crippen LogP contribution in [0.1, 0.15) is 80.6 Å². The number of nitrogens with zero attached hydrogens (tertiary/aromatic N) is 5. The number of piperidine rings is 1. The van der Waals surface area contributed by atoms with Crippen LogP contribution in [0.3, 0.4) is 0 Å². The Balaban J connectivity index is 0.00000194. The van der Waals surface area contributed by atoms with Crippen LogP contribution >= 0.6 is 24.8 Å². The van der Waals surface area contributed by atoms with Gasteiger partial charge in [-0.3, -0.25) is 4.79 Å². The molecule has 1 saturated heterocycles. The highest BCUT2D eigenvalue weighted by molar-refractivity contribution is 5.97. The minimum atomic E-state index is 0. The largest absolute Gasteiger partial charge is 0.496 e. The summed E-state index contributed by atoms with van der Waals surface area (Å²) in [6.45, 7) is 1.35. The fraction of sp³-hybridized carbons (Fsp3) is 0.586. The lowest BCUT2D eigenvalue weighted by Gasteiger charge is -2.33. The zero-order valence-corrected chi connectivity index (χ0v) is 25.3. The van der Waals surface area contributed by atoms with Crippen molar-refractivity contribution in [3.63, 3.8) is 0 Å². The highest BCUT2D eigenvalue weighted by atomic mass is 35.5. The molecule has 2 aromatic heterocycles. The maximum absolute atomic E-state index is 13.2. The van der Waals surface area contributed by atoms with Crippen molar-refractivity contribution in [2.75, 3.05) is 30.8 Å². The molecule has 0 bridgehead atoms. The van der Waals surface area contributed by atoms with Crippen LogP contribution in [0.25, 0.3) is 11.2 Å². The zero-order chi connectivity index (χ0) is 26.8. The Bertz CT molecular complexity index is 1300. The normalized spacial score (nSPS) is 21.7. The molecule has 3 aromatic rings. The fourth-order valence-electron chi connectivity index (χ4n) is 6.39. The van der Waals surface area contributed by atoms with Crippen LogP contribution in [0, 0.1) is 0 Å². The second-order valence-corrected chi connectivity index (χ2v) is 11.3. The number of hydrogen-bond acceptors (Lipinski definition) is 8. The van der Waals surface area contributed by atoms with Gasteiger partial charge in [0.2, 0.25) is 5.95 Å². The Labute approximate surface area is 254 Å². The van der Waals surface area contributed by atoms with Gasteiger partial charge in [0, 0.05) is 37.3 Å². The number of halogens is 2. The average molecular weight is 606 g/mol. The summed E-state index contributed by atoms with van der Waals surface area (Å²) >= 11 is 0. The number of para-hydroxylation sites is 1. The van der Waals surface area contributed by atoms with E-state index in [4.69, 9.17) is 25.4 Å². The lowest BCUT2D eigenvalue weighted by Crippen LogP contribution is -2.42. The number of rotatable bonds is 7. The van der Waals surface area contributed by atoms with Crippen LogP contribution in [0.15, 0.2) is 30.6 Å². The molecule has 224 valence electrons. The minimum absolute atomic E-state index is 0. The van der Waals surface area contributed by atoms with Crippen LogP contribution in [0.4, 0.5) is 11.8 Å². The van der Waals surface area contributed by atoms with Gasteiger partial charge in [0.1, 0.15) is 5.75 Å². The molecule has 1 aliphatic heterocycles. The van der Waals surface area contributed by atoms with Crippen molar-refractivity contribution < 1.29 is 9.53 Å². The third-order valence-corrected chi connectivity index (χ3v) is 8.70. The van der Waals surface area contributed by atoms with E-state index in [-0.39, 0.29) is 36.8 Å². The number of nitrogens with one attached hydrogen (secondary N) is 2. The van der Waals surface area contributed by atoms with Crippen molar-refractivity contribution in [1.29, 1.82) is 0 Å². The first kappa shape index (κ1) is 31.1. The molecule has 0 unspecified atom stereocenters. The van der Waals surface area contributed by atoms with Crippen LogP contribution in [-0.2, 0) is 0 Å². The molecule has 1 amide bonds.